The maximum Gasteiger partial charge on any atom is 0.242 e. The molecule has 9 nitrogen and oxygen atoms in total. The van der Waals surface area contributed by atoms with Gasteiger partial charge in [0.25, 0.3) is 0 Å². The van der Waals surface area contributed by atoms with Gasteiger partial charge in [0.15, 0.2) is 0 Å². The van der Waals surface area contributed by atoms with E-state index in [1.807, 2.05) is 30.3 Å². The van der Waals surface area contributed by atoms with E-state index in [9.17, 15) is 18.0 Å². The van der Waals surface area contributed by atoms with Crippen LogP contribution in [0.4, 0.5) is 0 Å². The number of benzene rings is 2. The van der Waals surface area contributed by atoms with Crippen molar-refractivity contribution >= 4 is 21.8 Å². The Morgan fingerprint density at radius 1 is 1.03 bits per heavy atom. The summed E-state index contributed by atoms with van der Waals surface area (Å²) in [5, 5.41) is 2.98. The molecule has 2 aromatic carbocycles. The van der Waals surface area contributed by atoms with Gasteiger partial charge in [0.1, 0.15) is 6.04 Å². The van der Waals surface area contributed by atoms with E-state index in [1.165, 1.54) is 0 Å². The smallest absolute Gasteiger partial charge is 0.242 e. The largest absolute Gasteiger partial charge is 0.379 e. The summed E-state index contributed by atoms with van der Waals surface area (Å²) in [6.07, 6.45) is 2.42. The van der Waals surface area contributed by atoms with Crippen LogP contribution in [0.3, 0.4) is 0 Å². The molecule has 1 heterocycles. The Balaban J connectivity index is 1.34. The first-order valence-electron chi connectivity index (χ1n) is 13.3. The van der Waals surface area contributed by atoms with Crippen molar-refractivity contribution in [2.45, 2.75) is 56.1 Å². The van der Waals surface area contributed by atoms with Gasteiger partial charge >= 0.3 is 0 Å². The number of nitrogens with one attached hydrogen (secondary N) is 2. The molecule has 0 aromatic heterocycles. The molecule has 0 unspecified atom stereocenters. The van der Waals surface area contributed by atoms with Gasteiger partial charge in [-0.15, -0.1) is 0 Å². The molecular formula is C28H38N4O5S. The maximum atomic E-state index is 13.4. The highest BCUT2D eigenvalue weighted by Gasteiger charge is 2.28. The molecule has 4 rings (SSSR count). The topological polar surface area (TPSA) is 108 Å². The number of hydrogen-bond acceptors (Lipinski definition) is 6. The number of carbonyl (C=O) groups is 2. The first-order valence-corrected chi connectivity index (χ1v) is 14.8. The molecule has 1 saturated heterocycles. The van der Waals surface area contributed by atoms with Crippen LogP contribution >= 0.6 is 0 Å². The van der Waals surface area contributed by atoms with Crippen molar-refractivity contribution < 1.29 is 22.7 Å². The minimum Gasteiger partial charge on any atom is -0.379 e. The lowest BCUT2D eigenvalue weighted by atomic mass is 10.1. The zero-order valence-electron chi connectivity index (χ0n) is 22.0. The molecule has 2 fully saturated rings. The molecule has 206 valence electrons. The van der Waals surface area contributed by atoms with Crippen LogP contribution in [0.1, 0.15) is 37.3 Å². The Bertz CT molecular complexity index is 1160. The molecule has 0 spiro atoms. The fourth-order valence-electron chi connectivity index (χ4n) is 4.39. The normalized spacial score (nSPS) is 17.1. The highest BCUT2D eigenvalue weighted by molar-refractivity contribution is 7.89. The Kier molecular flexibility index (Phi) is 9.90. The second kappa shape index (κ2) is 13.3. The predicted octanol–water partition coefficient (Wildman–Crippen LogP) is 1.93. The minimum atomic E-state index is -3.51. The Hall–Kier alpha value is -2.79. The van der Waals surface area contributed by atoms with Gasteiger partial charge in [-0.25, -0.2) is 13.1 Å². The minimum absolute atomic E-state index is 0.0476. The second-order valence-corrected chi connectivity index (χ2v) is 11.7. The molecular weight excluding hydrogens is 504 g/mol. The van der Waals surface area contributed by atoms with E-state index >= 15 is 0 Å². The Morgan fingerprint density at radius 3 is 2.37 bits per heavy atom. The molecule has 10 heteroatoms. The third kappa shape index (κ3) is 8.36. The van der Waals surface area contributed by atoms with E-state index in [0.717, 1.165) is 43.6 Å². The quantitative estimate of drug-likeness (QED) is 0.401. The van der Waals surface area contributed by atoms with Crippen molar-refractivity contribution in [3.8, 4) is 0 Å². The number of morpholine rings is 1. The van der Waals surface area contributed by atoms with Crippen molar-refractivity contribution in [2.75, 3.05) is 39.4 Å². The SMILES string of the molecule is C[C@H](C(=O)NCCN1CCOCC1)N(Cc1ccccc1)C(=O)CCc1ccc(S(=O)(=O)NC2CC2)cc1. The van der Waals surface area contributed by atoms with E-state index in [1.54, 1.807) is 36.1 Å². The molecule has 2 amide bonds. The third-order valence-electron chi connectivity index (χ3n) is 6.95. The van der Waals surface area contributed by atoms with E-state index < -0.39 is 16.1 Å². The van der Waals surface area contributed by atoms with Gasteiger partial charge in [-0.2, -0.15) is 0 Å². The fraction of sp³-hybridized carbons (Fsp3) is 0.500. The lowest BCUT2D eigenvalue weighted by Gasteiger charge is -2.30. The second-order valence-electron chi connectivity index (χ2n) is 9.97. The zero-order chi connectivity index (χ0) is 27.0. The summed E-state index contributed by atoms with van der Waals surface area (Å²) in [5.41, 5.74) is 1.82. The summed E-state index contributed by atoms with van der Waals surface area (Å²) in [6.45, 7) is 6.48. The first-order chi connectivity index (χ1) is 18.3. The van der Waals surface area contributed by atoms with Gasteiger partial charge < -0.3 is 15.0 Å². The van der Waals surface area contributed by atoms with Gasteiger partial charge in [0.05, 0.1) is 18.1 Å². The number of carbonyl (C=O) groups excluding carboxylic acids is 2. The summed E-state index contributed by atoms with van der Waals surface area (Å²) < 4.78 is 32.9. The summed E-state index contributed by atoms with van der Waals surface area (Å²) in [6, 6.07) is 15.7. The first kappa shape index (κ1) is 28.2. The summed E-state index contributed by atoms with van der Waals surface area (Å²) in [4.78, 5) is 30.5. The van der Waals surface area contributed by atoms with Crippen molar-refractivity contribution in [3.63, 3.8) is 0 Å². The summed E-state index contributed by atoms with van der Waals surface area (Å²) in [5.74, 6) is -0.308. The molecule has 1 aliphatic heterocycles. The monoisotopic (exact) mass is 542 g/mol. The van der Waals surface area contributed by atoms with Crippen LogP contribution in [0.15, 0.2) is 59.5 Å². The van der Waals surface area contributed by atoms with Crippen molar-refractivity contribution in [3.05, 3.63) is 65.7 Å². The number of amides is 2. The lowest BCUT2D eigenvalue weighted by Crippen LogP contribution is -2.49. The summed E-state index contributed by atoms with van der Waals surface area (Å²) in [7, 11) is -3.51. The van der Waals surface area contributed by atoms with Gasteiger partial charge in [-0.1, -0.05) is 42.5 Å². The van der Waals surface area contributed by atoms with E-state index in [-0.39, 0.29) is 29.2 Å². The number of nitrogens with zero attached hydrogens (tertiary/aromatic N) is 2. The molecule has 2 N–H and O–H groups in total. The van der Waals surface area contributed by atoms with Gasteiger partial charge in [-0.05, 0) is 49.4 Å². The molecule has 1 aliphatic carbocycles. The summed E-state index contributed by atoms with van der Waals surface area (Å²) >= 11 is 0. The molecule has 1 atom stereocenters. The van der Waals surface area contributed by atoms with Crippen molar-refractivity contribution in [2.24, 2.45) is 0 Å². The van der Waals surface area contributed by atoms with Crippen LogP contribution in [0.2, 0.25) is 0 Å². The van der Waals surface area contributed by atoms with Crippen molar-refractivity contribution in [1.82, 2.24) is 19.8 Å². The number of ether oxygens (including phenoxy) is 1. The van der Waals surface area contributed by atoms with Crippen LogP contribution < -0.4 is 10.0 Å². The fourth-order valence-corrected chi connectivity index (χ4v) is 5.70. The van der Waals surface area contributed by atoms with Gasteiger partial charge in [0.2, 0.25) is 21.8 Å². The van der Waals surface area contributed by atoms with Crippen LogP contribution in [0, 0.1) is 0 Å². The van der Waals surface area contributed by atoms with E-state index in [2.05, 4.69) is 14.9 Å². The lowest BCUT2D eigenvalue weighted by molar-refractivity contribution is -0.140. The molecule has 0 bridgehead atoms. The van der Waals surface area contributed by atoms with E-state index in [4.69, 9.17) is 4.74 Å². The van der Waals surface area contributed by atoms with Crippen LogP contribution in [0.5, 0.6) is 0 Å². The Morgan fingerprint density at radius 2 is 1.71 bits per heavy atom. The number of hydrogen-bond donors (Lipinski definition) is 2. The average Bonchev–Trinajstić information content (AvgIpc) is 3.74. The van der Waals surface area contributed by atoms with Crippen LogP contribution in [-0.4, -0.2) is 81.5 Å². The number of rotatable bonds is 13. The molecule has 1 saturated carbocycles. The standard InChI is InChI=1S/C28H38N4O5S/c1-22(28(34)29-15-16-31-17-19-37-20-18-31)32(21-24-5-3-2-4-6-24)27(33)14-9-23-7-12-26(13-8-23)38(35,36)30-25-10-11-25/h2-8,12-13,22,25,30H,9-11,14-21H2,1H3,(H,29,34)/t22-/m1/s1. The van der Waals surface area contributed by atoms with Crippen molar-refractivity contribution in [1.29, 1.82) is 0 Å². The molecule has 38 heavy (non-hydrogen) atoms. The number of sulfonamides is 1. The maximum absolute atomic E-state index is 13.4. The highest BCUT2D eigenvalue weighted by atomic mass is 32.2. The van der Waals surface area contributed by atoms with Crippen LogP contribution in [0.25, 0.3) is 0 Å². The van der Waals surface area contributed by atoms with E-state index in [0.29, 0.717) is 32.7 Å². The third-order valence-corrected chi connectivity index (χ3v) is 8.49. The highest BCUT2D eigenvalue weighted by Crippen LogP contribution is 2.22. The molecule has 2 aromatic rings. The molecule has 2 aliphatic rings. The van der Waals surface area contributed by atoms with Gasteiger partial charge in [-0.3, -0.25) is 14.5 Å². The average molecular weight is 543 g/mol. The molecule has 0 radical (unpaired) electrons. The van der Waals surface area contributed by atoms with Crippen LogP contribution in [-0.2, 0) is 37.3 Å². The Labute approximate surface area is 225 Å². The predicted molar refractivity (Wildman–Crippen MR) is 145 cm³/mol. The van der Waals surface area contributed by atoms with Gasteiger partial charge in [0, 0.05) is 45.2 Å². The zero-order valence-corrected chi connectivity index (χ0v) is 22.8. The number of aryl methyl sites for hydroxylation is 1.